The predicted molar refractivity (Wildman–Crippen MR) is 70.5 cm³/mol. The highest BCUT2D eigenvalue weighted by atomic mass is 35.5. The van der Waals surface area contributed by atoms with Gasteiger partial charge in [0.15, 0.2) is 0 Å². The van der Waals surface area contributed by atoms with Gasteiger partial charge >= 0.3 is 0 Å². The van der Waals surface area contributed by atoms with Crippen LogP contribution in [0, 0.1) is 5.92 Å². The van der Waals surface area contributed by atoms with Crippen molar-refractivity contribution in [1.29, 1.82) is 0 Å². The average Bonchev–Trinajstić information content (AvgIpc) is 2.62. The molecule has 0 bridgehead atoms. The minimum Gasteiger partial charge on any atom is -0.271 e. The fraction of sp³-hybridized carbons (Fsp3) is 0.615. The summed E-state index contributed by atoms with van der Waals surface area (Å²) >= 11 is 5.86. The van der Waals surface area contributed by atoms with Crippen molar-refractivity contribution in [3.05, 3.63) is 29.0 Å². The van der Waals surface area contributed by atoms with Gasteiger partial charge in [0.25, 0.3) is 0 Å². The van der Waals surface area contributed by atoms with Gasteiger partial charge in [-0.25, -0.2) is 0 Å². The lowest BCUT2D eigenvalue weighted by Crippen LogP contribution is -2.34. The third-order valence-corrected chi connectivity index (χ3v) is 3.84. The number of pyridine rings is 1. The first-order chi connectivity index (χ1) is 8.31. The van der Waals surface area contributed by atoms with Gasteiger partial charge in [0.2, 0.25) is 0 Å². The Morgan fingerprint density at radius 1 is 1.24 bits per heavy atom. The fourth-order valence-corrected chi connectivity index (χ4v) is 2.79. The van der Waals surface area contributed by atoms with Gasteiger partial charge in [-0.05, 0) is 30.9 Å². The van der Waals surface area contributed by atoms with E-state index in [0.29, 0.717) is 10.9 Å². The van der Waals surface area contributed by atoms with Gasteiger partial charge in [-0.15, -0.1) is 0 Å². The SMILES string of the molecule is NNC(c1ccc(Cl)cn1)C1CCCCCC1. The van der Waals surface area contributed by atoms with Crippen molar-refractivity contribution in [3.63, 3.8) is 0 Å². The Kier molecular flexibility index (Phi) is 4.77. The van der Waals surface area contributed by atoms with Gasteiger partial charge in [-0.1, -0.05) is 37.3 Å². The molecule has 3 nitrogen and oxygen atoms in total. The van der Waals surface area contributed by atoms with Crippen LogP contribution in [0.15, 0.2) is 18.3 Å². The highest BCUT2D eigenvalue weighted by Crippen LogP contribution is 2.32. The fourth-order valence-electron chi connectivity index (χ4n) is 2.68. The van der Waals surface area contributed by atoms with Crippen molar-refractivity contribution >= 4 is 11.6 Å². The molecule has 3 N–H and O–H groups in total. The standard InChI is InChI=1S/C13H20ClN3/c14-11-7-8-12(16-9-11)13(17-15)10-5-3-1-2-4-6-10/h7-10,13,17H,1-6,15H2. The van der Waals surface area contributed by atoms with Crippen LogP contribution in [0.3, 0.4) is 0 Å². The van der Waals surface area contributed by atoms with Gasteiger partial charge < -0.3 is 0 Å². The second-order valence-corrected chi connectivity index (χ2v) is 5.23. The number of hydrogen-bond acceptors (Lipinski definition) is 3. The van der Waals surface area contributed by atoms with Crippen LogP contribution >= 0.6 is 11.6 Å². The molecule has 1 atom stereocenters. The molecule has 0 aromatic carbocycles. The zero-order valence-corrected chi connectivity index (χ0v) is 10.8. The molecule has 2 rings (SSSR count). The normalized spacial score (nSPS) is 19.9. The summed E-state index contributed by atoms with van der Waals surface area (Å²) in [5.74, 6) is 6.30. The molecular weight excluding hydrogens is 234 g/mol. The van der Waals surface area contributed by atoms with E-state index in [4.69, 9.17) is 17.4 Å². The summed E-state index contributed by atoms with van der Waals surface area (Å²) in [6, 6.07) is 4.01. The Bertz CT molecular complexity index is 331. The lowest BCUT2D eigenvalue weighted by molar-refractivity contribution is 0.323. The third kappa shape index (κ3) is 3.41. The number of aromatic nitrogens is 1. The zero-order valence-electron chi connectivity index (χ0n) is 10.0. The summed E-state index contributed by atoms with van der Waals surface area (Å²) in [5.41, 5.74) is 3.93. The quantitative estimate of drug-likeness (QED) is 0.494. The predicted octanol–water partition coefficient (Wildman–Crippen LogP) is 3.21. The van der Waals surface area contributed by atoms with Crippen molar-refractivity contribution in [1.82, 2.24) is 10.4 Å². The average molecular weight is 254 g/mol. The Balaban J connectivity index is 2.11. The van der Waals surface area contributed by atoms with E-state index >= 15 is 0 Å². The van der Waals surface area contributed by atoms with E-state index in [1.807, 2.05) is 12.1 Å². The largest absolute Gasteiger partial charge is 0.271 e. The molecule has 0 spiro atoms. The lowest BCUT2D eigenvalue weighted by atomic mass is 9.90. The summed E-state index contributed by atoms with van der Waals surface area (Å²) in [6.07, 6.45) is 9.47. The van der Waals surface area contributed by atoms with Crippen LogP contribution in [-0.4, -0.2) is 4.98 Å². The van der Waals surface area contributed by atoms with Crippen LogP contribution in [0.4, 0.5) is 0 Å². The summed E-state index contributed by atoms with van der Waals surface area (Å²) in [5, 5.41) is 0.672. The van der Waals surface area contributed by atoms with Crippen LogP contribution in [0.2, 0.25) is 5.02 Å². The van der Waals surface area contributed by atoms with Crippen molar-refractivity contribution in [3.8, 4) is 0 Å². The molecule has 1 saturated carbocycles. The van der Waals surface area contributed by atoms with Gasteiger partial charge in [-0.3, -0.25) is 16.3 Å². The van der Waals surface area contributed by atoms with Gasteiger partial charge in [-0.2, -0.15) is 0 Å². The van der Waals surface area contributed by atoms with Crippen LogP contribution in [-0.2, 0) is 0 Å². The Morgan fingerprint density at radius 3 is 2.47 bits per heavy atom. The molecule has 0 aliphatic heterocycles. The van der Waals surface area contributed by atoms with Crippen LogP contribution < -0.4 is 11.3 Å². The number of nitrogens with two attached hydrogens (primary N) is 1. The van der Waals surface area contributed by atoms with Gasteiger partial charge in [0, 0.05) is 6.20 Å². The number of hydrazine groups is 1. The Labute approximate surface area is 108 Å². The molecule has 0 saturated heterocycles. The molecule has 94 valence electrons. The second-order valence-electron chi connectivity index (χ2n) is 4.80. The first-order valence-corrected chi connectivity index (χ1v) is 6.76. The van der Waals surface area contributed by atoms with E-state index in [0.717, 1.165) is 5.69 Å². The maximum Gasteiger partial charge on any atom is 0.0660 e. The maximum absolute atomic E-state index is 5.86. The van der Waals surface area contributed by atoms with Crippen molar-refractivity contribution in [2.24, 2.45) is 11.8 Å². The Hall–Kier alpha value is -0.640. The molecule has 1 aliphatic carbocycles. The molecule has 17 heavy (non-hydrogen) atoms. The Morgan fingerprint density at radius 2 is 1.94 bits per heavy atom. The molecule has 1 aromatic heterocycles. The minimum absolute atomic E-state index is 0.158. The highest BCUT2D eigenvalue weighted by Gasteiger charge is 2.24. The van der Waals surface area contributed by atoms with Crippen LogP contribution in [0.25, 0.3) is 0 Å². The van der Waals surface area contributed by atoms with Gasteiger partial charge in [0.05, 0.1) is 16.8 Å². The summed E-state index contributed by atoms with van der Waals surface area (Å²) < 4.78 is 0. The summed E-state index contributed by atoms with van der Waals surface area (Å²) in [7, 11) is 0. The highest BCUT2D eigenvalue weighted by molar-refractivity contribution is 6.30. The number of halogens is 1. The minimum atomic E-state index is 0.158. The van der Waals surface area contributed by atoms with Crippen LogP contribution in [0.1, 0.15) is 50.3 Å². The molecule has 1 fully saturated rings. The molecule has 4 heteroatoms. The van der Waals surface area contributed by atoms with E-state index in [2.05, 4.69) is 10.4 Å². The number of rotatable bonds is 3. The second kappa shape index (κ2) is 6.34. The smallest absolute Gasteiger partial charge is 0.0660 e. The van der Waals surface area contributed by atoms with Crippen molar-refractivity contribution in [2.45, 2.75) is 44.6 Å². The van der Waals surface area contributed by atoms with Gasteiger partial charge in [0.1, 0.15) is 0 Å². The number of hydrogen-bond donors (Lipinski definition) is 2. The molecule has 1 aromatic rings. The lowest BCUT2D eigenvalue weighted by Gasteiger charge is -2.25. The van der Waals surface area contributed by atoms with E-state index < -0.39 is 0 Å². The number of nitrogens with one attached hydrogen (secondary N) is 1. The maximum atomic E-state index is 5.86. The topological polar surface area (TPSA) is 50.9 Å². The molecule has 1 heterocycles. The summed E-state index contributed by atoms with van der Waals surface area (Å²) in [4.78, 5) is 4.38. The van der Waals surface area contributed by atoms with E-state index in [1.165, 1.54) is 38.5 Å². The monoisotopic (exact) mass is 253 g/mol. The molecule has 0 radical (unpaired) electrons. The van der Waals surface area contributed by atoms with Crippen LogP contribution in [0.5, 0.6) is 0 Å². The van der Waals surface area contributed by atoms with E-state index in [1.54, 1.807) is 6.20 Å². The summed E-state index contributed by atoms with van der Waals surface area (Å²) in [6.45, 7) is 0. The van der Waals surface area contributed by atoms with Crippen molar-refractivity contribution < 1.29 is 0 Å². The number of nitrogens with zero attached hydrogens (tertiary/aromatic N) is 1. The third-order valence-electron chi connectivity index (χ3n) is 3.62. The van der Waals surface area contributed by atoms with E-state index in [9.17, 15) is 0 Å². The molecular formula is C13H20ClN3. The molecule has 0 amide bonds. The molecule has 1 unspecified atom stereocenters. The zero-order chi connectivity index (χ0) is 12.1. The first kappa shape index (κ1) is 12.8. The molecule has 1 aliphatic rings. The first-order valence-electron chi connectivity index (χ1n) is 6.39. The van der Waals surface area contributed by atoms with E-state index in [-0.39, 0.29) is 6.04 Å². The van der Waals surface area contributed by atoms with Crippen molar-refractivity contribution in [2.75, 3.05) is 0 Å².